The molecule has 0 fully saturated rings. The molecule has 1 aromatic carbocycles. The Balaban J connectivity index is 0.00000256. The van der Waals surface area contributed by atoms with Crippen LogP contribution in [0, 0.1) is 0 Å². The van der Waals surface area contributed by atoms with E-state index in [1.165, 1.54) is 0 Å². The first-order valence-electron chi connectivity index (χ1n) is 3.89. The molecule has 0 spiro atoms. The standard InChI is InChI=1S/C9H5F3O4.K/c10-9(11,12)4-1-2-5(7(13)14)6(3-4)8(15)16;/h1-3H,(H,13,14)(H,15,16);/q;+1/p-1. The molecule has 0 aromatic heterocycles. The summed E-state index contributed by atoms with van der Waals surface area (Å²) in [4.78, 5) is 21.0. The van der Waals surface area contributed by atoms with Gasteiger partial charge in [-0.2, -0.15) is 13.2 Å². The smallest absolute Gasteiger partial charge is 0.545 e. The van der Waals surface area contributed by atoms with E-state index in [0.717, 1.165) is 0 Å². The quantitative estimate of drug-likeness (QED) is 0.618. The maximum atomic E-state index is 12.2. The summed E-state index contributed by atoms with van der Waals surface area (Å²) < 4.78 is 36.6. The van der Waals surface area contributed by atoms with Crippen molar-refractivity contribution in [3.05, 3.63) is 34.9 Å². The number of alkyl halides is 3. The summed E-state index contributed by atoms with van der Waals surface area (Å²) >= 11 is 0. The van der Waals surface area contributed by atoms with Crippen LogP contribution in [-0.2, 0) is 6.18 Å². The van der Waals surface area contributed by atoms with Crippen LogP contribution in [0.3, 0.4) is 0 Å². The zero-order chi connectivity index (χ0) is 12.5. The number of aromatic carboxylic acids is 2. The molecule has 0 aliphatic heterocycles. The van der Waals surface area contributed by atoms with E-state index in [4.69, 9.17) is 5.11 Å². The zero-order valence-corrected chi connectivity index (χ0v) is 11.7. The second kappa shape index (κ2) is 5.96. The molecule has 0 radical (unpaired) electrons. The van der Waals surface area contributed by atoms with Gasteiger partial charge in [0, 0.05) is 5.56 Å². The van der Waals surface area contributed by atoms with Crippen LogP contribution in [0.2, 0.25) is 0 Å². The van der Waals surface area contributed by atoms with Gasteiger partial charge in [0.2, 0.25) is 0 Å². The first-order chi connectivity index (χ1) is 7.23. The monoisotopic (exact) mass is 272 g/mol. The molecular formula is C9H4F3KO4. The number of carbonyl (C=O) groups excluding carboxylic acids is 1. The normalized spacial score (nSPS) is 10.5. The molecule has 0 amide bonds. The van der Waals surface area contributed by atoms with Crippen molar-refractivity contribution in [2.24, 2.45) is 0 Å². The molecule has 1 N–H and O–H groups in total. The number of hydrogen-bond donors (Lipinski definition) is 1. The van der Waals surface area contributed by atoms with Crippen molar-refractivity contribution in [1.82, 2.24) is 0 Å². The summed E-state index contributed by atoms with van der Waals surface area (Å²) in [5.41, 5.74) is -2.97. The average molecular weight is 272 g/mol. The topological polar surface area (TPSA) is 77.4 Å². The molecule has 0 atom stereocenters. The number of carbonyl (C=O) groups is 2. The molecular weight excluding hydrogens is 268 g/mol. The largest absolute Gasteiger partial charge is 1.00 e. The Morgan fingerprint density at radius 2 is 1.71 bits per heavy atom. The molecule has 86 valence electrons. The summed E-state index contributed by atoms with van der Waals surface area (Å²) in [6, 6.07) is 1.30. The third-order valence-corrected chi connectivity index (χ3v) is 1.80. The van der Waals surface area contributed by atoms with Crippen molar-refractivity contribution in [1.29, 1.82) is 0 Å². The molecule has 0 aliphatic rings. The molecule has 1 rings (SSSR count). The van der Waals surface area contributed by atoms with Crippen molar-refractivity contribution >= 4 is 11.9 Å². The molecule has 0 aliphatic carbocycles. The molecule has 4 nitrogen and oxygen atoms in total. The molecule has 0 heterocycles. The van der Waals surface area contributed by atoms with E-state index >= 15 is 0 Å². The van der Waals surface area contributed by atoms with Gasteiger partial charge in [-0.1, -0.05) is 6.07 Å². The summed E-state index contributed by atoms with van der Waals surface area (Å²) in [5.74, 6) is -3.60. The predicted molar refractivity (Wildman–Crippen MR) is 42.7 cm³/mol. The van der Waals surface area contributed by atoms with Gasteiger partial charge in [0.15, 0.2) is 0 Å². The second-order valence-electron chi connectivity index (χ2n) is 2.85. The summed E-state index contributed by atoms with van der Waals surface area (Å²) in [5, 5.41) is 19.0. The van der Waals surface area contributed by atoms with Crippen LogP contribution in [0.25, 0.3) is 0 Å². The minimum atomic E-state index is -4.73. The Morgan fingerprint density at radius 1 is 1.18 bits per heavy atom. The minimum absolute atomic E-state index is 0. The van der Waals surface area contributed by atoms with Crippen LogP contribution in [0.1, 0.15) is 26.3 Å². The van der Waals surface area contributed by atoms with E-state index in [9.17, 15) is 27.9 Å². The van der Waals surface area contributed by atoms with Crippen LogP contribution >= 0.6 is 0 Å². The van der Waals surface area contributed by atoms with Crippen LogP contribution in [-0.4, -0.2) is 17.0 Å². The number of halogens is 3. The number of carboxylic acids is 2. The molecule has 0 bridgehead atoms. The van der Waals surface area contributed by atoms with Gasteiger partial charge < -0.3 is 15.0 Å². The number of benzene rings is 1. The number of rotatable bonds is 2. The van der Waals surface area contributed by atoms with E-state index in [-0.39, 0.29) is 57.5 Å². The van der Waals surface area contributed by atoms with Gasteiger partial charge in [0.25, 0.3) is 0 Å². The fraction of sp³-hybridized carbons (Fsp3) is 0.111. The van der Waals surface area contributed by atoms with Gasteiger partial charge in [0.05, 0.1) is 17.1 Å². The Morgan fingerprint density at radius 3 is 2.06 bits per heavy atom. The van der Waals surface area contributed by atoms with Crippen LogP contribution in [0.5, 0.6) is 0 Å². The molecule has 8 heteroatoms. The van der Waals surface area contributed by atoms with E-state index in [1.807, 2.05) is 0 Å². The maximum Gasteiger partial charge on any atom is 1.00 e. The first kappa shape index (κ1) is 16.6. The third-order valence-electron chi connectivity index (χ3n) is 1.80. The Kier molecular flexibility index (Phi) is 5.82. The third kappa shape index (κ3) is 4.07. The Labute approximate surface area is 136 Å². The Hall–Kier alpha value is -0.414. The molecule has 0 unspecified atom stereocenters. The van der Waals surface area contributed by atoms with Gasteiger partial charge in [-0.3, -0.25) is 0 Å². The molecule has 17 heavy (non-hydrogen) atoms. The van der Waals surface area contributed by atoms with Gasteiger partial charge in [0.1, 0.15) is 0 Å². The zero-order valence-electron chi connectivity index (χ0n) is 8.54. The predicted octanol–water partition coefficient (Wildman–Crippen LogP) is -2.23. The van der Waals surface area contributed by atoms with Crippen molar-refractivity contribution in [3.63, 3.8) is 0 Å². The van der Waals surface area contributed by atoms with Crippen molar-refractivity contribution in [2.45, 2.75) is 6.18 Å². The van der Waals surface area contributed by atoms with Gasteiger partial charge in [-0.05, 0) is 12.1 Å². The average Bonchev–Trinajstić information content (AvgIpc) is 2.15. The first-order valence-corrected chi connectivity index (χ1v) is 3.89. The second-order valence-corrected chi connectivity index (χ2v) is 2.85. The van der Waals surface area contributed by atoms with Crippen molar-refractivity contribution < 1.29 is 84.4 Å². The van der Waals surface area contributed by atoms with Gasteiger partial charge in [-0.25, -0.2) is 4.79 Å². The van der Waals surface area contributed by atoms with E-state index < -0.39 is 34.8 Å². The van der Waals surface area contributed by atoms with Gasteiger partial charge in [-0.15, -0.1) is 0 Å². The maximum absolute atomic E-state index is 12.2. The summed E-state index contributed by atoms with van der Waals surface area (Å²) in [7, 11) is 0. The molecule has 0 saturated carbocycles. The number of hydrogen-bond acceptors (Lipinski definition) is 3. The van der Waals surface area contributed by atoms with Crippen LogP contribution in [0.15, 0.2) is 18.2 Å². The van der Waals surface area contributed by atoms with E-state index in [1.54, 1.807) is 0 Å². The number of carboxylic acid groups (broad SMARTS) is 2. The van der Waals surface area contributed by atoms with Crippen LogP contribution < -0.4 is 56.5 Å². The van der Waals surface area contributed by atoms with Crippen LogP contribution in [0.4, 0.5) is 13.2 Å². The van der Waals surface area contributed by atoms with E-state index in [0.29, 0.717) is 12.1 Å². The van der Waals surface area contributed by atoms with Crippen molar-refractivity contribution in [3.8, 4) is 0 Å². The Bertz CT molecular complexity index is 456. The van der Waals surface area contributed by atoms with Gasteiger partial charge >= 0.3 is 63.5 Å². The molecule has 0 saturated heterocycles. The minimum Gasteiger partial charge on any atom is -0.545 e. The SMILES string of the molecule is O=C([O-])c1ccc(C(F)(F)F)cc1C(=O)O.[K+]. The fourth-order valence-corrected chi connectivity index (χ4v) is 1.08. The van der Waals surface area contributed by atoms with E-state index in [2.05, 4.69) is 0 Å². The molecule has 1 aromatic rings. The fourth-order valence-electron chi connectivity index (χ4n) is 1.08. The van der Waals surface area contributed by atoms with Crippen molar-refractivity contribution in [2.75, 3.05) is 0 Å². The summed E-state index contributed by atoms with van der Waals surface area (Å²) in [6.07, 6.45) is -4.73. The summed E-state index contributed by atoms with van der Waals surface area (Å²) in [6.45, 7) is 0.